The van der Waals surface area contributed by atoms with Gasteiger partial charge in [-0.1, -0.05) is 54.3 Å². The summed E-state index contributed by atoms with van der Waals surface area (Å²) >= 11 is 6.51. The molecule has 174 valence electrons. The molecular weight excluding hydrogens is 485 g/mol. The molecule has 1 saturated heterocycles. The number of carbonyl (C=O) groups is 1. The maximum absolute atomic E-state index is 13.4. The van der Waals surface area contributed by atoms with E-state index in [1.54, 1.807) is 42.6 Å². The van der Waals surface area contributed by atoms with E-state index in [4.69, 9.17) is 17.0 Å². The Morgan fingerprint density at radius 1 is 1.09 bits per heavy atom. The largest absolute Gasteiger partial charge is 0.438 e. The zero-order valence-electron chi connectivity index (χ0n) is 18.5. The predicted molar refractivity (Wildman–Crippen MR) is 138 cm³/mol. The van der Waals surface area contributed by atoms with Crippen molar-refractivity contribution in [2.45, 2.75) is 13.5 Å². The molecule has 0 aliphatic carbocycles. The molecule has 3 heterocycles. The number of ether oxygens (including phenoxy) is 1. The number of carbonyl (C=O) groups excluding carboxylic acids is 1. The van der Waals surface area contributed by atoms with Gasteiger partial charge in [0.25, 0.3) is 11.5 Å². The molecular formula is C26H18FN3O3S2. The summed E-state index contributed by atoms with van der Waals surface area (Å²) < 4.78 is 21.0. The molecule has 4 aromatic rings. The Labute approximate surface area is 209 Å². The number of hydrogen-bond donors (Lipinski definition) is 0. The van der Waals surface area contributed by atoms with Crippen molar-refractivity contribution in [2.75, 3.05) is 0 Å². The molecule has 0 spiro atoms. The summed E-state index contributed by atoms with van der Waals surface area (Å²) in [7, 11) is 0. The number of thiocarbonyl (C=S) groups is 1. The Bertz CT molecular complexity index is 1560. The first-order valence-corrected chi connectivity index (χ1v) is 11.9. The first kappa shape index (κ1) is 22.9. The van der Waals surface area contributed by atoms with Gasteiger partial charge in [0.1, 0.15) is 27.1 Å². The average Bonchev–Trinajstić information content (AvgIpc) is 3.10. The standard InChI is InChI=1S/C26H18FN3O3S2/c1-16-5-4-6-19(13-16)33-23-20(24(31)29-12-3-2-7-22(29)28-23)14-21-25(32)30(26(34)35-21)15-17-8-10-18(27)11-9-17/h2-14H,15H2,1H3/b21-14+. The van der Waals surface area contributed by atoms with Crippen LogP contribution in [-0.4, -0.2) is 24.5 Å². The maximum Gasteiger partial charge on any atom is 0.269 e. The van der Waals surface area contributed by atoms with Crippen LogP contribution in [0.1, 0.15) is 16.7 Å². The van der Waals surface area contributed by atoms with Crippen molar-refractivity contribution in [3.05, 3.63) is 111 Å². The highest BCUT2D eigenvalue weighted by atomic mass is 32.2. The van der Waals surface area contributed by atoms with E-state index in [9.17, 15) is 14.0 Å². The van der Waals surface area contributed by atoms with Crippen molar-refractivity contribution in [1.82, 2.24) is 14.3 Å². The minimum absolute atomic E-state index is 0.0932. The zero-order chi connectivity index (χ0) is 24.5. The van der Waals surface area contributed by atoms with E-state index in [1.807, 2.05) is 25.1 Å². The molecule has 2 aromatic heterocycles. The number of aromatic nitrogens is 2. The van der Waals surface area contributed by atoms with Crippen molar-refractivity contribution >= 4 is 45.9 Å². The number of hydrogen-bond acceptors (Lipinski definition) is 6. The fourth-order valence-electron chi connectivity index (χ4n) is 3.61. The fraction of sp³-hybridized carbons (Fsp3) is 0.0769. The van der Waals surface area contributed by atoms with E-state index < -0.39 is 0 Å². The van der Waals surface area contributed by atoms with Gasteiger partial charge >= 0.3 is 0 Å². The number of fused-ring (bicyclic) bond motifs is 1. The molecule has 1 amide bonds. The molecule has 0 radical (unpaired) electrons. The Morgan fingerprint density at radius 3 is 2.66 bits per heavy atom. The van der Waals surface area contributed by atoms with Gasteiger partial charge in [-0.2, -0.15) is 4.98 Å². The van der Waals surface area contributed by atoms with Crippen molar-refractivity contribution in [2.24, 2.45) is 0 Å². The van der Waals surface area contributed by atoms with Crippen LogP contribution >= 0.6 is 24.0 Å². The third-order valence-electron chi connectivity index (χ3n) is 5.34. The van der Waals surface area contributed by atoms with Gasteiger partial charge in [-0.25, -0.2) is 4.39 Å². The van der Waals surface area contributed by atoms with Gasteiger partial charge in [0, 0.05) is 6.20 Å². The van der Waals surface area contributed by atoms with E-state index >= 15 is 0 Å². The number of amides is 1. The van der Waals surface area contributed by atoms with Crippen LogP contribution in [0, 0.1) is 12.7 Å². The highest BCUT2D eigenvalue weighted by Crippen LogP contribution is 2.35. The molecule has 35 heavy (non-hydrogen) atoms. The predicted octanol–water partition coefficient (Wildman–Crippen LogP) is 5.34. The summed E-state index contributed by atoms with van der Waals surface area (Å²) in [4.78, 5) is 32.8. The third-order valence-corrected chi connectivity index (χ3v) is 6.72. The molecule has 1 aliphatic heterocycles. The summed E-state index contributed by atoms with van der Waals surface area (Å²) in [5.74, 6) is -0.0841. The summed E-state index contributed by atoms with van der Waals surface area (Å²) in [6.07, 6.45) is 3.09. The molecule has 2 aromatic carbocycles. The van der Waals surface area contributed by atoms with Gasteiger partial charge in [0.15, 0.2) is 0 Å². The highest BCUT2D eigenvalue weighted by Gasteiger charge is 2.33. The average molecular weight is 504 g/mol. The SMILES string of the molecule is Cc1cccc(Oc2nc3ccccn3c(=O)c2/C=C2/SC(=S)N(Cc3ccc(F)cc3)C2=O)c1. The monoisotopic (exact) mass is 503 g/mol. The Kier molecular flexibility index (Phi) is 6.19. The Morgan fingerprint density at radius 2 is 1.89 bits per heavy atom. The van der Waals surface area contributed by atoms with Crippen LogP contribution in [0.25, 0.3) is 11.7 Å². The van der Waals surface area contributed by atoms with Gasteiger partial charge in [-0.15, -0.1) is 0 Å². The highest BCUT2D eigenvalue weighted by molar-refractivity contribution is 8.26. The van der Waals surface area contributed by atoms with Crippen LogP contribution < -0.4 is 10.3 Å². The number of halogens is 1. The topological polar surface area (TPSA) is 63.9 Å². The molecule has 0 atom stereocenters. The first-order chi connectivity index (χ1) is 16.9. The molecule has 9 heteroatoms. The van der Waals surface area contributed by atoms with Crippen LogP contribution in [0.3, 0.4) is 0 Å². The summed E-state index contributed by atoms with van der Waals surface area (Å²) in [5, 5.41) is 0. The molecule has 0 N–H and O–H groups in total. The molecule has 1 aliphatic rings. The van der Waals surface area contributed by atoms with Crippen LogP contribution in [0.4, 0.5) is 4.39 Å². The molecule has 6 nitrogen and oxygen atoms in total. The Hall–Kier alpha value is -3.82. The van der Waals surface area contributed by atoms with E-state index in [0.29, 0.717) is 15.7 Å². The summed E-state index contributed by atoms with van der Waals surface area (Å²) in [6, 6.07) is 18.5. The van der Waals surface area contributed by atoms with E-state index in [0.717, 1.165) is 22.9 Å². The van der Waals surface area contributed by atoms with Crippen molar-refractivity contribution in [3.8, 4) is 11.6 Å². The molecule has 0 bridgehead atoms. The molecule has 0 saturated carbocycles. The van der Waals surface area contributed by atoms with Crippen molar-refractivity contribution in [3.63, 3.8) is 0 Å². The lowest BCUT2D eigenvalue weighted by atomic mass is 10.2. The minimum atomic E-state index is -0.373. The normalized spacial score (nSPS) is 14.8. The molecule has 0 unspecified atom stereocenters. The zero-order valence-corrected chi connectivity index (χ0v) is 20.1. The van der Waals surface area contributed by atoms with Gasteiger partial charge in [0.2, 0.25) is 5.88 Å². The molecule has 5 rings (SSSR count). The van der Waals surface area contributed by atoms with Crippen molar-refractivity contribution < 1.29 is 13.9 Å². The van der Waals surface area contributed by atoms with Crippen molar-refractivity contribution in [1.29, 1.82) is 0 Å². The first-order valence-electron chi connectivity index (χ1n) is 10.6. The van der Waals surface area contributed by atoms with Gasteiger partial charge in [0.05, 0.1) is 11.4 Å². The lowest BCUT2D eigenvalue weighted by molar-refractivity contribution is -0.122. The van der Waals surface area contributed by atoms with Gasteiger partial charge < -0.3 is 4.74 Å². The maximum atomic E-state index is 13.4. The number of benzene rings is 2. The fourth-order valence-corrected chi connectivity index (χ4v) is 4.85. The lowest BCUT2D eigenvalue weighted by Gasteiger charge is -2.14. The van der Waals surface area contributed by atoms with E-state index in [-0.39, 0.29) is 40.2 Å². The van der Waals surface area contributed by atoms with Gasteiger partial charge in [-0.3, -0.25) is 18.9 Å². The lowest BCUT2D eigenvalue weighted by Crippen LogP contribution is -2.27. The summed E-state index contributed by atoms with van der Waals surface area (Å²) in [6.45, 7) is 2.13. The number of thioether (sulfide) groups is 1. The van der Waals surface area contributed by atoms with E-state index in [2.05, 4.69) is 4.98 Å². The van der Waals surface area contributed by atoms with Crippen LogP contribution in [0.15, 0.2) is 82.6 Å². The number of nitrogens with zero attached hydrogens (tertiary/aromatic N) is 3. The molecule has 1 fully saturated rings. The second kappa shape index (κ2) is 9.44. The minimum Gasteiger partial charge on any atom is -0.438 e. The second-order valence-corrected chi connectivity index (χ2v) is 9.55. The van der Waals surface area contributed by atoms with Crippen LogP contribution in [0.2, 0.25) is 0 Å². The quantitative estimate of drug-likeness (QED) is 0.271. The smallest absolute Gasteiger partial charge is 0.269 e. The second-order valence-electron chi connectivity index (χ2n) is 7.88. The Balaban J connectivity index is 1.55. The van der Waals surface area contributed by atoms with Crippen LogP contribution in [0.5, 0.6) is 11.6 Å². The van der Waals surface area contributed by atoms with Crippen LogP contribution in [-0.2, 0) is 11.3 Å². The number of pyridine rings is 1. The van der Waals surface area contributed by atoms with E-state index in [1.165, 1.54) is 27.5 Å². The third kappa shape index (κ3) is 4.73. The number of aryl methyl sites for hydroxylation is 1. The number of rotatable bonds is 5. The van der Waals surface area contributed by atoms with Gasteiger partial charge in [-0.05, 0) is 60.5 Å². The summed E-state index contributed by atoms with van der Waals surface area (Å²) in [5.41, 5.74) is 1.91.